The molecule has 1 fully saturated rings. The lowest BCUT2D eigenvalue weighted by molar-refractivity contribution is 0.00578. The molecule has 6 nitrogen and oxygen atoms in total. The van der Waals surface area contributed by atoms with E-state index in [1.165, 1.54) is 0 Å². The highest BCUT2D eigenvalue weighted by atomic mass is 16.7. The first-order valence-corrected chi connectivity index (χ1v) is 11.5. The van der Waals surface area contributed by atoms with Gasteiger partial charge in [0.1, 0.15) is 0 Å². The van der Waals surface area contributed by atoms with Crippen LogP contribution in [0.4, 0.5) is 0 Å². The molecule has 4 aromatic rings. The molecular formula is C28H25BN4O2. The molecule has 0 spiro atoms. The van der Waals surface area contributed by atoms with Crippen LogP contribution in [0.2, 0.25) is 0 Å². The summed E-state index contributed by atoms with van der Waals surface area (Å²) >= 11 is 0. The van der Waals surface area contributed by atoms with Crippen molar-refractivity contribution in [2.24, 2.45) is 0 Å². The van der Waals surface area contributed by atoms with Gasteiger partial charge in [0.25, 0.3) is 0 Å². The quantitative estimate of drug-likeness (QED) is 0.397. The van der Waals surface area contributed by atoms with Crippen LogP contribution in [0, 0.1) is 11.3 Å². The predicted molar refractivity (Wildman–Crippen MR) is 137 cm³/mol. The summed E-state index contributed by atoms with van der Waals surface area (Å²) in [4.78, 5) is 14.3. The zero-order valence-electron chi connectivity index (χ0n) is 20.2. The Labute approximate surface area is 205 Å². The van der Waals surface area contributed by atoms with Crippen molar-refractivity contribution in [2.75, 3.05) is 0 Å². The summed E-state index contributed by atoms with van der Waals surface area (Å²) < 4.78 is 12.5. The topological polar surface area (TPSA) is 80.9 Å². The first-order chi connectivity index (χ1) is 16.8. The molecule has 3 aromatic carbocycles. The molecule has 0 bridgehead atoms. The van der Waals surface area contributed by atoms with Gasteiger partial charge >= 0.3 is 7.12 Å². The number of benzene rings is 3. The van der Waals surface area contributed by atoms with Gasteiger partial charge in [0.05, 0.1) is 22.8 Å². The first-order valence-electron chi connectivity index (χ1n) is 11.5. The van der Waals surface area contributed by atoms with Crippen molar-refractivity contribution in [3.63, 3.8) is 0 Å². The number of rotatable bonds is 4. The summed E-state index contributed by atoms with van der Waals surface area (Å²) in [5, 5.41) is 9.89. The van der Waals surface area contributed by atoms with E-state index < -0.39 is 18.3 Å². The van der Waals surface area contributed by atoms with Crippen LogP contribution in [0.1, 0.15) is 33.3 Å². The zero-order valence-corrected chi connectivity index (χ0v) is 20.2. The number of hydrogen-bond donors (Lipinski definition) is 0. The Morgan fingerprint density at radius 2 is 1.17 bits per heavy atom. The van der Waals surface area contributed by atoms with Gasteiger partial charge in [-0.3, -0.25) is 0 Å². The molecule has 0 amide bonds. The summed E-state index contributed by atoms with van der Waals surface area (Å²) in [7, 11) is -0.560. The van der Waals surface area contributed by atoms with Gasteiger partial charge < -0.3 is 9.31 Å². The molecule has 0 radical (unpaired) electrons. The van der Waals surface area contributed by atoms with E-state index >= 15 is 0 Å². The average molecular weight is 460 g/mol. The number of nitriles is 1. The molecule has 5 rings (SSSR count). The van der Waals surface area contributed by atoms with Gasteiger partial charge in [-0.2, -0.15) is 5.26 Å². The minimum absolute atomic E-state index is 0.424. The normalized spacial score (nSPS) is 16.1. The second-order valence-electron chi connectivity index (χ2n) is 9.54. The molecule has 0 N–H and O–H groups in total. The Morgan fingerprint density at radius 3 is 1.66 bits per heavy atom. The van der Waals surface area contributed by atoms with Gasteiger partial charge in [-0.1, -0.05) is 72.8 Å². The van der Waals surface area contributed by atoms with Gasteiger partial charge in [0.2, 0.25) is 0 Å². The highest BCUT2D eigenvalue weighted by Crippen LogP contribution is 2.37. The van der Waals surface area contributed by atoms with Crippen LogP contribution >= 0.6 is 0 Å². The Morgan fingerprint density at radius 1 is 0.686 bits per heavy atom. The molecule has 1 aromatic heterocycles. The van der Waals surface area contributed by atoms with Crippen molar-refractivity contribution in [2.45, 2.75) is 38.9 Å². The molecule has 2 heterocycles. The van der Waals surface area contributed by atoms with Crippen LogP contribution in [0.15, 0.2) is 78.9 Å². The van der Waals surface area contributed by atoms with E-state index in [1.807, 2.05) is 100 Å². The van der Waals surface area contributed by atoms with E-state index in [0.717, 1.165) is 16.6 Å². The third-order valence-corrected chi connectivity index (χ3v) is 6.63. The second-order valence-corrected chi connectivity index (χ2v) is 9.54. The number of hydrogen-bond acceptors (Lipinski definition) is 6. The summed E-state index contributed by atoms with van der Waals surface area (Å²) in [6.45, 7) is 8.06. The van der Waals surface area contributed by atoms with Crippen molar-refractivity contribution in [3.05, 3.63) is 84.4 Å². The van der Waals surface area contributed by atoms with E-state index in [0.29, 0.717) is 28.6 Å². The molecule has 1 aliphatic rings. The van der Waals surface area contributed by atoms with Gasteiger partial charge in [0.15, 0.2) is 17.5 Å². The van der Waals surface area contributed by atoms with Crippen molar-refractivity contribution in [3.8, 4) is 40.2 Å². The molecule has 0 aliphatic carbocycles. The molecule has 35 heavy (non-hydrogen) atoms. The molecule has 0 unspecified atom stereocenters. The van der Waals surface area contributed by atoms with E-state index in [9.17, 15) is 5.26 Å². The lowest BCUT2D eigenvalue weighted by atomic mass is 9.77. The molecule has 1 saturated heterocycles. The van der Waals surface area contributed by atoms with E-state index in [1.54, 1.807) is 6.07 Å². The fourth-order valence-corrected chi connectivity index (χ4v) is 3.90. The summed E-state index contributed by atoms with van der Waals surface area (Å²) in [6.07, 6.45) is 0. The van der Waals surface area contributed by atoms with Gasteiger partial charge in [-0.05, 0) is 39.2 Å². The first kappa shape index (κ1) is 22.9. The monoisotopic (exact) mass is 460 g/mol. The van der Waals surface area contributed by atoms with E-state index in [4.69, 9.17) is 24.3 Å². The van der Waals surface area contributed by atoms with Crippen molar-refractivity contribution < 1.29 is 9.31 Å². The minimum atomic E-state index is -0.560. The van der Waals surface area contributed by atoms with Crippen molar-refractivity contribution >= 4 is 12.6 Å². The van der Waals surface area contributed by atoms with Crippen LogP contribution < -0.4 is 5.46 Å². The van der Waals surface area contributed by atoms with Crippen LogP contribution in [0.3, 0.4) is 0 Å². The maximum atomic E-state index is 9.89. The molecule has 0 saturated carbocycles. The molecule has 0 atom stereocenters. The van der Waals surface area contributed by atoms with E-state index in [2.05, 4.69) is 6.07 Å². The molecule has 7 heteroatoms. The number of nitrogens with zero attached hydrogens (tertiary/aromatic N) is 4. The highest BCUT2D eigenvalue weighted by Gasteiger charge is 2.51. The Hall–Kier alpha value is -3.86. The minimum Gasteiger partial charge on any atom is -0.399 e. The fourth-order valence-electron chi connectivity index (χ4n) is 3.90. The van der Waals surface area contributed by atoms with Gasteiger partial charge in [0, 0.05) is 16.7 Å². The van der Waals surface area contributed by atoms with E-state index in [-0.39, 0.29) is 0 Å². The van der Waals surface area contributed by atoms with Gasteiger partial charge in [-0.15, -0.1) is 0 Å². The standard InChI is InChI=1S/C28H25BN4O2/c1-27(2)28(3,4)35-29(34-27)22-16-15-21(18-30)23(17-22)26-32-24(19-11-7-5-8-12-19)31-25(33-26)20-13-9-6-10-14-20/h5-17H,1-4H3. The molecule has 172 valence electrons. The lowest BCUT2D eigenvalue weighted by Crippen LogP contribution is -2.41. The SMILES string of the molecule is CC1(C)OB(c2ccc(C#N)c(-c3nc(-c4ccccc4)nc(-c4ccccc4)n3)c2)OC1(C)C. The van der Waals surface area contributed by atoms with Crippen LogP contribution in [0.25, 0.3) is 34.2 Å². The predicted octanol–water partition coefficient (Wildman–Crippen LogP) is 5.04. The third-order valence-electron chi connectivity index (χ3n) is 6.63. The maximum Gasteiger partial charge on any atom is 0.494 e. The highest BCUT2D eigenvalue weighted by molar-refractivity contribution is 6.62. The molecule has 1 aliphatic heterocycles. The summed E-state index contributed by atoms with van der Waals surface area (Å²) in [5.74, 6) is 1.51. The Bertz CT molecular complexity index is 1340. The third kappa shape index (κ3) is 4.34. The Balaban J connectivity index is 1.66. The van der Waals surface area contributed by atoms with Gasteiger partial charge in [-0.25, -0.2) is 15.0 Å². The largest absolute Gasteiger partial charge is 0.494 e. The second kappa shape index (κ2) is 8.73. The zero-order chi connectivity index (χ0) is 24.6. The maximum absolute atomic E-state index is 9.89. The van der Waals surface area contributed by atoms with Crippen molar-refractivity contribution in [1.82, 2.24) is 15.0 Å². The van der Waals surface area contributed by atoms with Crippen LogP contribution in [-0.4, -0.2) is 33.3 Å². The Kier molecular flexibility index (Phi) is 5.72. The smallest absolute Gasteiger partial charge is 0.399 e. The lowest BCUT2D eigenvalue weighted by Gasteiger charge is -2.32. The van der Waals surface area contributed by atoms with Crippen LogP contribution in [0.5, 0.6) is 0 Å². The number of aromatic nitrogens is 3. The summed E-state index contributed by atoms with van der Waals surface area (Å²) in [6, 6.07) is 27.3. The van der Waals surface area contributed by atoms with Crippen molar-refractivity contribution in [1.29, 1.82) is 5.26 Å². The molecular weight excluding hydrogens is 435 g/mol. The average Bonchev–Trinajstić information content (AvgIpc) is 3.11. The van der Waals surface area contributed by atoms with Crippen LogP contribution in [-0.2, 0) is 9.31 Å². The summed E-state index contributed by atoms with van der Waals surface area (Å²) in [5.41, 5.74) is 2.68. The fraction of sp³-hybridized carbons (Fsp3) is 0.214.